The molecule has 0 aliphatic heterocycles. The van der Waals surface area contributed by atoms with Crippen molar-refractivity contribution in [3.8, 4) is 22.4 Å². The number of halogens is 1. The van der Waals surface area contributed by atoms with Crippen LogP contribution in [0.4, 0.5) is 5.69 Å². The van der Waals surface area contributed by atoms with Crippen LogP contribution in [0.2, 0.25) is 5.02 Å². The Balaban J connectivity index is 1.37. The Kier molecular flexibility index (Phi) is 5.37. The highest BCUT2D eigenvalue weighted by Crippen LogP contribution is 2.28. The van der Waals surface area contributed by atoms with Gasteiger partial charge in [-0.25, -0.2) is 9.50 Å². The first-order chi connectivity index (χ1) is 16.0. The lowest BCUT2D eigenvalue weighted by atomic mass is 10.1. The molecule has 2 aromatic carbocycles. The molecule has 0 aliphatic carbocycles. The van der Waals surface area contributed by atoms with E-state index >= 15 is 0 Å². The lowest BCUT2D eigenvalue weighted by Crippen LogP contribution is -2.20. The molecular formula is C24H19ClN6O2. The predicted molar refractivity (Wildman–Crippen MR) is 126 cm³/mol. The number of hydrogen-bond acceptors (Lipinski definition) is 5. The fraction of sp³-hybridized carbons (Fsp3) is 0.0833. The molecule has 164 valence electrons. The van der Waals surface area contributed by atoms with E-state index < -0.39 is 12.0 Å². The first kappa shape index (κ1) is 20.9. The van der Waals surface area contributed by atoms with Gasteiger partial charge in [-0.1, -0.05) is 35.9 Å². The first-order valence-corrected chi connectivity index (χ1v) is 10.5. The normalized spacial score (nSPS) is 12.1. The molecule has 1 atom stereocenters. The molecule has 0 fully saturated rings. The number of aromatic nitrogens is 5. The fourth-order valence-corrected chi connectivity index (χ4v) is 3.72. The van der Waals surface area contributed by atoms with E-state index in [2.05, 4.69) is 20.5 Å². The Morgan fingerprint density at radius 3 is 2.45 bits per heavy atom. The van der Waals surface area contributed by atoms with Crippen molar-refractivity contribution in [1.29, 1.82) is 0 Å². The number of benzene rings is 2. The highest BCUT2D eigenvalue weighted by molar-refractivity contribution is 6.30. The third-order valence-electron chi connectivity index (χ3n) is 5.30. The second-order valence-corrected chi connectivity index (χ2v) is 8.03. The van der Waals surface area contributed by atoms with Gasteiger partial charge >= 0.3 is 0 Å². The number of rotatable bonds is 5. The molecule has 3 aromatic heterocycles. The van der Waals surface area contributed by atoms with E-state index in [9.17, 15) is 9.90 Å². The molecule has 5 aromatic rings. The van der Waals surface area contributed by atoms with E-state index in [4.69, 9.17) is 11.6 Å². The Bertz CT molecular complexity index is 1440. The molecule has 0 bridgehead atoms. The molecule has 0 radical (unpaired) electrons. The number of nitrogens with zero attached hydrogens (tertiary/aromatic N) is 5. The van der Waals surface area contributed by atoms with E-state index in [0.717, 1.165) is 27.9 Å². The maximum Gasteiger partial charge on any atom is 0.257 e. The zero-order chi connectivity index (χ0) is 22.9. The van der Waals surface area contributed by atoms with Gasteiger partial charge in [0.1, 0.15) is 6.33 Å². The van der Waals surface area contributed by atoms with Crippen molar-refractivity contribution in [3.63, 3.8) is 0 Å². The summed E-state index contributed by atoms with van der Waals surface area (Å²) in [6, 6.07) is 15.8. The first-order valence-electron chi connectivity index (χ1n) is 10.2. The van der Waals surface area contributed by atoms with Crippen molar-refractivity contribution in [1.82, 2.24) is 24.4 Å². The van der Waals surface area contributed by atoms with E-state index in [-0.39, 0.29) is 0 Å². The van der Waals surface area contributed by atoms with E-state index in [1.54, 1.807) is 51.8 Å². The Labute approximate surface area is 194 Å². The van der Waals surface area contributed by atoms with Gasteiger partial charge in [-0.15, -0.1) is 0 Å². The SMILES string of the molecule is Cn1cc(-c2cc3c(-c4ccc(NC(=O)[C@@H](O)c5ccc(Cl)cc5)cc4)ncnn3c2)cn1. The van der Waals surface area contributed by atoms with Crippen molar-refractivity contribution < 1.29 is 9.90 Å². The zero-order valence-electron chi connectivity index (χ0n) is 17.6. The number of anilines is 1. The Morgan fingerprint density at radius 2 is 1.76 bits per heavy atom. The van der Waals surface area contributed by atoms with Gasteiger partial charge < -0.3 is 10.4 Å². The minimum Gasteiger partial charge on any atom is -0.378 e. The van der Waals surface area contributed by atoms with Crippen molar-refractivity contribution in [2.24, 2.45) is 7.05 Å². The number of aliphatic hydroxyl groups is 1. The summed E-state index contributed by atoms with van der Waals surface area (Å²) in [5.74, 6) is -0.526. The Morgan fingerprint density at radius 1 is 1.00 bits per heavy atom. The van der Waals surface area contributed by atoms with Gasteiger partial charge in [0.15, 0.2) is 6.10 Å². The van der Waals surface area contributed by atoms with Crippen molar-refractivity contribution in [2.75, 3.05) is 5.32 Å². The average Bonchev–Trinajstić information content (AvgIpc) is 3.45. The second kappa shape index (κ2) is 8.50. The van der Waals surface area contributed by atoms with Crippen LogP contribution >= 0.6 is 11.6 Å². The molecule has 33 heavy (non-hydrogen) atoms. The predicted octanol–water partition coefficient (Wildman–Crippen LogP) is 4.12. The summed E-state index contributed by atoms with van der Waals surface area (Å²) in [7, 11) is 1.87. The molecule has 9 heteroatoms. The van der Waals surface area contributed by atoms with Crippen LogP contribution in [0.3, 0.4) is 0 Å². The maximum absolute atomic E-state index is 12.4. The van der Waals surface area contributed by atoms with Gasteiger partial charge in [0.2, 0.25) is 0 Å². The largest absolute Gasteiger partial charge is 0.378 e. The highest BCUT2D eigenvalue weighted by Gasteiger charge is 2.18. The van der Waals surface area contributed by atoms with Crippen molar-refractivity contribution in [2.45, 2.75) is 6.10 Å². The summed E-state index contributed by atoms with van der Waals surface area (Å²) < 4.78 is 3.53. The summed E-state index contributed by atoms with van der Waals surface area (Å²) in [6.45, 7) is 0. The molecule has 1 amide bonds. The van der Waals surface area contributed by atoms with Crippen LogP contribution in [-0.2, 0) is 11.8 Å². The molecule has 2 N–H and O–H groups in total. The molecule has 0 saturated heterocycles. The number of nitrogens with one attached hydrogen (secondary N) is 1. The van der Waals surface area contributed by atoms with Gasteiger partial charge in [0.25, 0.3) is 5.91 Å². The van der Waals surface area contributed by atoms with E-state index in [0.29, 0.717) is 16.3 Å². The van der Waals surface area contributed by atoms with Crippen LogP contribution in [0.15, 0.2) is 79.5 Å². The summed E-state index contributed by atoms with van der Waals surface area (Å²) in [5, 5.41) is 22.1. The zero-order valence-corrected chi connectivity index (χ0v) is 18.3. The molecule has 3 heterocycles. The van der Waals surface area contributed by atoms with Crippen LogP contribution < -0.4 is 5.32 Å². The number of amides is 1. The van der Waals surface area contributed by atoms with E-state index in [1.807, 2.05) is 37.6 Å². The quantitative estimate of drug-likeness (QED) is 0.413. The maximum atomic E-state index is 12.4. The molecule has 0 unspecified atom stereocenters. The van der Waals surface area contributed by atoms with Crippen LogP contribution in [0.1, 0.15) is 11.7 Å². The molecule has 0 saturated carbocycles. The summed E-state index contributed by atoms with van der Waals surface area (Å²) >= 11 is 5.86. The minimum atomic E-state index is -1.30. The number of carbonyl (C=O) groups is 1. The molecule has 5 rings (SSSR count). The third kappa shape index (κ3) is 4.21. The van der Waals surface area contributed by atoms with Crippen molar-refractivity contribution in [3.05, 3.63) is 90.1 Å². The topological polar surface area (TPSA) is 97.3 Å². The number of fused-ring (bicyclic) bond motifs is 1. The summed E-state index contributed by atoms with van der Waals surface area (Å²) in [5.41, 5.74) is 5.50. The van der Waals surface area contributed by atoms with Gasteiger partial charge in [-0.2, -0.15) is 10.2 Å². The van der Waals surface area contributed by atoms with Gasteiger partial charge in [-0.05, 0) is 35.9 Å². The number of aryl methyl sites for hydroxylation is 1. The fourth-order valence-electron chi connectivity index (χ4n) is 3.60. The number of hydrogen-bond donors (Lipinski definition) is 2. The second-order valence-electron chi connectivity index (χ2n) is 7.59. The minimum absolute atomic E-state index is 0.467. The Hall–Kier alpha value is -4.01. The monoisotopic (exact) mass is 458 g/mol. The molecule has 0 aliphatic rings. The highest BCUT2D eigenvalue weighted by atomic mass is 35.5. The molecule has 0 spiro atoms. The molecular weight excluding hydrogens is 440 g/mol. The van der Waals surface area contributed by atoms with Crippen LogP contribution in [0.25, 0.3) is 27.9 Å². The average molecular weight is 459 g/mol. The lowest BCUT2D eigenvalue weighted by Gasteiger charge is -2.12. The van der Waals surface area contributed by atoms with E-state index in [1.165, 1.54) is 6.33 Å². The van der Waals surface area contributed by atoms with Gasteiger partial charge in [0.05, 0.1) is 17.4 Å². The van der Waals surface area contributed by atoms with Crippen LogP contribution in [0.5, 0.6) is 0 Å². The standard InChI is InChI=1S/C24H19ClN6O2/c1-30-12-18(11-27-30)17-10-21-22(26-14-28-31(21)13-17)15-4-8-20(9-5-15)29-24(33)23(32)16-2-6-19(25)7-3-16/h2-14,23,32H,1H3,(H,29,33)/t23-/m0/s1. The van der Waals surface area contributed by atoms with Crippen LogP contribution in [0, 0.1) is 0 Å². The lowest BCUT2D eigenvalue weighted by molar-refractivity contribution is -0.124. The smallest absolute Gasteiger partial charge is 0.257 e. The summed E-state index contributed by atoms with van der Waals surface area (Å²) in [4.78, 5) is 16.9. The number of carbonyl (C=O) groups excluding carboxylic acids is 1. The number of aliphatic hydroxyl groups excluding tert-OH is 1. The summed E-state index contributed by atoms with van der Waals surface area (Å²) in [6.07, 6.45) is 5.89. The van der Waals surface area contributed by atoms with Gasteiger partial charge in [-0.3, -0.25) is 9.48 Å². The van der Waals surface area contributed by atoms with Crippen LogP contribution in [-0.4, -0.2) is 35.4 Å². The third-order valence-corrected chi connectivity index (χ3v) is 5.56. The molecule has 8 nitrogen and oxygen atoms in total. The van der Waals surface area contributed by atoms with Gasteiger partial charge in [0, 0.05) is 46.8 Å². The van der Waals surface area contributed by atoms with Crippen molar-refractivity contribution >= 4 is 28.7 Å².